The third-order valence-corrected chi connectivity index (χ3v) is 5.02. The molecule has 2 N–H and O–H groups in total. The standard InChI is InChI=1S/C25H26O5/c1-15(2)5-8-19-23-16(13-17-11-12-25(3,4)30-24(17)19)6-10-22(29-23)28-21-9-7-18(26)14-20(21)27/h5,7,9-14,26-27H,6,8H2,1-4H3. The number of rotatable bonds is 4. The molecule has 0 atom stereocenters. The van der Waals surface area contributed by atoms with Crippen molar-refractivity contribution in [2.24, 2.45) is 0 Å². The molecule has 2 aliphatic heterocycles. The predicted molar refractivity (Wildman–Crippen MR) is 116 cm³/mol. The number of phenols is 2. The lowest BCUT2D eigenvalue weighted by Gasteiger charge is -2.32. The zero-order valence-corrected chi connectivity index (χ0v) is 17.7. The molecule has 2 heterocycles. The van der Waals surface area contributed by atoms with E-state index in [1.165, 1.54) is 23.8 Å². The fraction of sp³-hybridized carbons (Fsp3) is 0.280. The molecule has 0 saturated heterocycles. The van der Waals surface area contributed by atoms with Gasteiger partial charge in [-0.25, -0.2) is 0 Å². The number of allylic oxidation sites excluding steroid dienone is 3. The molecule has 0 aromatic heterocycles. The maximum atomic E-state index is 10.0. The van der Waals surface area contributed by atoms with Crippen LogP contribution in [0.1, 0.15) is 44.4 Å². The molecule has 2 aliphatic rings. The number of hydrogen-bond acceptors (Lipinski definition) is 5. The van der Waals surface area contributed by atoms with Gasteiger partial charge in [-0.3, -0.25) is 0 Å². The number of ether oxygens (including phenoxy) is 3. The van der Waals surface area contributed by atoms with E-state index in [1.807, 2.05) is 19.9 Å². The number of aromatic hydroxyl groups is 2. The maximum absolute atomic E-state index is 10.0. The Kier molecular flexibility index (Phi) is 4.98. The molecule has 2 aromatic carbocycles. The van der Waals surface area contributed by atoms with Gasteiger partial charge in [-0.15, -0.1) is 0 Å². The summed E-state index contributed by atoms with van der Waals surface area (Å²) in [6.45, 7) is 8.18. The topological polar surface area (TPSA) is 68.2 Å². The summed E-state index contributed by atoms with van der Waals surface area (Å²) >= 11 is 0. The summed E-state index contributed by atoms with van der Waals surface area (Å²) in [4.78, 5) is 0. The van der Waals surface area contributed by atoms with Gasteiger partial charge in [0.1, 0.15) is 22.8 Å². The molecule has 0 fully saturated rings. The van der Waals surface area contributed by atoms with Gasteiger partial charge in [0, 0.05) is 35.3 Å². The van der Waals surface area contributed by atoms with Crippen LogP contribution < -0.4 is 14.2 Å². The first-order chi connectivity index (χ1) is 14.2. The average molecular weight is 406 g/mol. The van der Waals surface area contributed by atoms with Crippen molar-refractivity contribution >= 4 is 6.08 Å². The first kappa shape index (κ1) is 20.0. The summed E-state index contributed by atoms with van der Waals surface area (Å²) in [5.41, 5.74) is 3.89. The van der Waals surface area contributed by atoms with Crippen molar-refractivity contribution in [2.45, 2.75) is 46.1 Å². The van der Waals surface area contributed by atoms with E-state index < -0.39 is 5.60 Å². The number of phenolic OH excluding ortho intramolecular Hbond substituents is 2. The Labute approximate surface area is 176 Å². The van der Waals surface area contributed by atoms with Crippen LogP contribution in [0.25, 0.3) is 6.08 Å². The number of hydrogen-bond donors (Lipinski definition) is 2. The molecular formula is C25H26O5. The molecule has 0 spiro atoms. The van der Waals surface area contributed by atoms with E-state index in [2.05, 4.69) is 38.1 Å². The van der Waals surface area contributed by atoms with Crippen molar-refractivity contribution in [3.05, 3.63) is 70.7 Å². The summed E-state index contributed by atoms with van der Waals surface area (Å²) in [5.74, 6) is 1.86. The third-order valence-electron chi connectivity index (χ3n) is 5.02. The molecule has 0 aliphatic carbocycles. The predicted octanol–water partition coefficient (Wildman–Crippen LogP) is 5.65. The molecule has 5 nitrogen and oxygen atoms in total. The van der Waals surface area contributed by atoms with E-state index in [1.54, 1.807) is 0 Å². The second kappa shape index (κ2) is 7.48. The van der Waals surface area contributed by atoms with Crippen LogP contribution in [0.4, 0.5) is 0 Å². The molecule has 5 heteroatoms. The van der Waals surface area contributed by atoms with Crippen LogP contribution in [0.3, 0.4) is 0 Å². The Morgan fingerprint density at radius 3 is 2.70 bits per heavy atom. The maximum Gasteiger partial charge on any atom is 0.286 e. The van der Waals surface area contributed by atoms with E-state index in [-0.39, 0.29) is 23.2 Å². The van der Waals surface area contributed by atoms with E-state index in [4.69, 9.17) is 14.2 Å². The van der Waals surface area contributed by atoms with Crippen LogP contribution in [0, 0.1) is 0 Å². The van der Waals surface area contributed by atoms with Gasteiger partial charge in [0.05, 0.1) is 0 Å². The Morgan fingerprint density at radius 2 is 1.97 bits per heavy atom. The Balaban J connectivity index is 1.72. The highest BCUT2D eigenvalue weighted by molar-refractivity contribution is 5.69. The quantitative estimate of drug-likeness (QED) is 0.643. The fourth-order valence-electron chi connectivity index (χ4n) is 3.49. The van der Waals surface area contributed by atoms with Crippen LogP contribution in [-0.2, 0) is 12.8 Å². The van der Waals surface area contributed by atoms with Gasteiger partial charge in [0.25, 0.3) is 5.95 Å². The van der Waals surface area contributed by atoms with Crippen LogP contribution in [0.15, 0.2) is 54.0 Å². The second-order valence-electron chi connectivity index (χ2n) is 8.37. The molecule has 0 unspecified atom stereocenters. The zero-order chi connectivity index (χ0) is 21.5. The third kappa shape index (κ3) is 4.01. The monoisotopic (exact) mass is 406 g/mol. The van der Waals surface area contributed by atoms with E-state index in [0.29, 0.717) is 12.8 Å². The molecule has 0 saturated carbocycles. The van der Waals surface area contributed by atoms with Crippen LogP contribution in [0.2, 0.25) is 0 Å². The first-order valence-corrected chi connectivity index (χ1v) is 10.00. The lowest BCUT2D eigenvalue weighted by Crippen LogP contribution is -2.28. The van der Waals surface area contributed by atoms with Crippen LogP contribution >= 0.6 is 0 Å². The highest BCUT2D eigenvalue weighted by atomic mass is 16.7. The molecular weight excluding hydrogens is 380 g/mol. The normalized spacial score (nSPS) is 15.8. The molecule has 0 amide bonds. The number of benzene rings is 2. The summed E-state index contributed by atoms with van der Waals surface area (Å²) < 4.78 is 18.2. The van der Waals surface area contributed by atoms with Gasteiger partial charge in [-0.1, -0.05) is 17.7 Å². The molecule has 4 rings (SSSR count). The van der Waals surface area contributed by atoms with Crippen LogP contribution in [0.5, 0.6) is 28.7 Å². The minimum atomic E-state index is -0.400. The summed E-state index contributed by atoms with van der Waals surface area (Å²) in [5, 5.41) is 19.5. The van der Waals surface area contributed by atoms with E-state index in [9.17, 15) is 10.2 Å². The van der Waals surface area contributed by atoms with E-state index in [0.717, 1.165) is 28.2 Å². The van der Waals surface area contributed by atoms with Gasteiger partial charge in [-0.2, -0.15) is 0 Å². The average Bonchev–Trinajstić information content (AvgIpc) is 2.67. The Hall–Kier alpha value is -3.34. The lowest BCUT2D eigenvalue weighted by molar-refractivity contribution is 0.155. The van der Waals surface area contributed by atoms with Crippen molar-refractivity contribution < 1.29 is 24.4 Å². The van der Waals surface area contributed by atoms with Gasteiger partial charge < -0.3 is 24.4 Å². The summed E-state index contributed by atoms with van der Waals surface area (Å²) in [6, 6.07) is 6.27. The van der Waals surface area contributed by atoms with Crippen molar-refractivity contribution in [3.63, 3.8) is 0 Å². The highest BCUT2D eigenvalue weighted by Crippen LogP contribution is 2.44. The smallest absolute Gasteiger partial charge is 0.286 e. The Morgan fingerprint density at radius 1 is 1.17 bits per heavy atom. The van der Waals surface area contributed by atoms with Gasteiger partial charge in [0.2, 0.25) is 0 Å². The minimum absolute atomic E-state index is 0.0350. The Bertz CT molecular complexity index is 1090. The van der Waals surface area contributed by atoms with Crippen molar-refractivity contribution in [3.8, 4) is 28.7 Å². The summed E-state index contributed by atoms with van der Waals surface area (Å²) in [6.07, 6.45) is 9.47. The second-order valence-corrected chi connectivity index (χ2v) is 8.37. The van der Waals surface area contributed by atoms with Crippen LogP contribution in [-0.4, -0.2) is 15.8 Å². The lowest BCUT2D eigenvalue weighted by atomic mass is 9.93. The highest BCUT2D eigenvalue weighted by Gasteiger charge is 2.29. The van der Waals surface area contributed by atoms with Crippen molar-refractivity contribution in [1.82, 2.24) is 0 Å². The molecule has 2 aromatic rings. The molecule has 156 valence electrons. The largest absolute Gasteiger partial charge is 0.508 e. The zero-order valence-electron chi connectivity index (χ0n) is 17.7. The number of fused-ring (bicyclic) bond motifs is 2. The first-order valence-electron chi connectivity index (χ1n) is 10.00. The summed E-state index contributed by atoms with van der Waals surface area (Å²) in [7, 11) is 0. The van der Waals surface area contributed by atoms with Gasteiger partial charge in [-0.05, 0) is 58.4 Å². The van der Waals surface area contributed by atoms with Crippen molar-refractivity contribution in [1.29, 1.82) is 0 Å². The minimum Gasteiger partial charge on any atom is -0.508 e. The molecule has 30 heavy (non-hydrogen) atoms. The van der Waals surface area contributed by atoms with E-state index >= 15 is 0 Å². The van der Waals surface area contributed by atoms with Crippen molar-refractivity contribution in [2.75, 3.05) is 0 Å². The molecule has 0 radical (unpaired) electrons. The van der Waals surface area contributed by atoms with Gasteiger partial charge >= 0.3 is 0 Å². The van der Waals surface area contributed by atoms with Gasteiger partial charge in [0.15, 0.2) is 11.5 Å². The fourth-order valence-corrected chi connectivity index (χ4v) is 3.49. The SMILES string of the molecule is CC(C)=CCc1c2c(cc3c1OC(Oc1ccc(O)cc1O)=CC3)C=CC(C)(C)O2. The molecule has 0 bridgehead atoms.